The largest absolute Gasteiger partial charge is 0.450 e. The second-order valence-corrected chi connectivity index (χ2v) is 2.45. The summed E-state index contributed by atoms with van der Waals surface area (Å²) in [6.07, 6.45) is 0. The molecule has 0 aromatic carbocycles. The summed E-state index contributed by atoms with van der Waals surface area (Å²) >= 11 is 4.41. The average Bonchev–Trinajstić information content (AvgIpc) is 1.63. The maximum atomic E-state index is 8.35. The Bertz CT molecular complexity index is 159. The number of ether oxygens (including phenoxy) is 1. The van der Waals surface area contributed by atoms with Gasteiger partial charge in [0.2, 0.25) is 0 Å². The van der Waals surface area contributed by atoms with Gasteiger partial charge in [-0.2, -0.15) is 5.26 Å². The van der Waals surface area contributed by atoms with Crippen LogP contribution in [0.25, 0.3) is 0 Å². The van der Waals surface area contributed by atoms with Crippen molar-refractivity contribution < 1.29 is 4.74 Å². The van der Waals surface area contributed by atoms with Gasteiger partial charge in [0.25, 0.3) is 5.17 Å². The third-order valence-corrected chi connectivity index (χ3v) is 0.708. The van der Waals surface area contributed by atoms with Crippen molar-refractivity contribution in [2.45, 2.75) is 19.4 Å². The van der Waals surface area contributed by atoms with Crippen LogP contribution in [0.1, 0.15) is 13.8 Å². The molecule has 0 saturated heterocycles. The first-order chi connectivity index (χ1) is 3.98. The highest BCUT2D eigenvalue weighted by molar-refractivity contribution is 7.80. The first-order valence-corrected chi connectivity index (χ1v) is 2.78. The van der Waals surface area contributed by atoms with Gasteiger partial charge in [-0.15, -0.1) is 0 Å². The maximum absolute atomic E-state index is 8.35. The van der Waals surface area contributed by atoms with Crippen LogP contribution in [0.4, 0.5) is 0 Å². The van der Waals surface area contributed by atoms with Gasteiger partial charge in [0.05, 0.1) is 0 Å². The Morgan fingerprint density at radius 3 is 2.33 bits per heavy atom. The molecule has 3 nitrogen and oxygen atoms in total. The van der Waals surface area contributed by atoms with E-state index in [-0.39, 0.29) is 5.17 Å². The third-order valence-electron chi connectivity index (χ3n) is 0.625. The Kier molecular flexibility index (Phi) is 2.41. The van der Waals surface area contributed by atoms with E-state index in [9.17, 15) is 0 Å². The summed E-state index contributed by atoms with van der Waals surface area (Å²) in [5.41, 5.74) is 4.12. The van der Waals surface area contributed by atoms with Crippen molar-refractivity contribution in [2.75, 3.05) is 0 Å². The number of hydrogen-bond acceptors (Lipinski definition) is 3. The highest BCUT2D eigenvalue weighted by atomic mass is 32.1. The minimum atomic E-state index is -0.897. The molecule has 0 spiro atoms. The van der Waals surface area contributed by atoms with Crippen LogP contribution in [-0.2, 0) is 4.74 Å². The lowest BCUT2D eigenvalue weighted by molar-refractivity contribution is 0.158. The van der Waals surface area contributed by atoms with E-state index in [1.165, 1.54) is 0 Å². The van der Waals surface area contributed by atoms with Gasteiger partial charge in [0, 0.05) is 0 Å². The molecule has 9 heavy (non-hydrogen) atoms. The van der Waals surface area contributed by atoms with E-state index in [1.54, 1.807) is 13.8 Å². The van der Waals surface area contributed by atoms with Crippen LogP contribution in [0.5, 0.6) is 0 Å². The summed E-state index contributed by atoms with van der Waals surface area (Å²) in [5.74, 6) is 0. The number of nitrogens with two attached hydrogens (primary N) is 1. The Morgan fingerprint density at radius 2 is 2.22 bits per heavy atom. The zero-order valence-electron chi connectivity index (χ0n) is 5.34. The molecule has 0 fully saturated rings. The zero-order valence-corrected chi connectivity index (χ0v) is 6.16. The van der Waals surface area contributed by atoms with Crippen molar-refractivity contribution in [3.8, 4) is 6.07 Å². The van der Waals surface area contributed by atoms with Gasteiger partial charge in [-0.05, 0) is 26.1 Å². The molecule has 0 radical (unpaired) electrons. The number of nitrogens with zero attached hydrogens (tertiary/aromatic N) is 1. The molecule has 0 bridgehead atoms. The molecule has 0 aromatic rings. The summed E-state index contributed by atoms with van der Waals surface area (Å²) in [4.78, 5) is 0. The van der Waals surface area contributed by atoms with Crippen LogP contribution in [0.2, 0.25) is 0 Å². The van der Waals surface area contributed by atoms with Crippen molar-refractivity contribution >= 4 is 17.4 Å². The molecule has 0 amide bonds. The predicted molar refractivity (Wildman–Crippen MR) is 37.6 cm³/mol. The maximum Gasteiger partial charge on any atom is 0.255 e. The van der Waals surface area contributed by atoms with Gasteiger partial charge in [-0.25, -0.2) is 0 Å². The summed E-state index contributed by atoms with van der Waals surface area (Å²) in [6.45, 7) is 3.18. The van der Waals surface area contributed by atoms with Crippen molar-refractivity contribution in [3.63, 3.8) is 0 Å². The molecule has 0 saturated carbocycles. The lowest BCUT2D eigenvalue weighted by Crippen LogP contribution is -2.28. The Morgan fingerprint density at radius 1 is 1.78 bits per heavy atom. The molecule has 2 N–H and O–H groups in total. The molecule has 0 aliphatic heterocycles. The van der Waals surface area contributed by atoms with Crippen molar-refractivity contribution in [1.82, 2.24) is 0 Å². The van der Waals surface area contributed by atoms with E-state index in [4.69, 9.17) is 15.7 Å². The highest BCUT2D eigenvalue weighted by Gasteiger charge is 2.17. The summed E-state index contributed by atoms with van der Waals surface area (Å²) in [6, 6.07) is 1.88. The molecule has 0 atom stereocenters. The van der Waals surface area contributed by atoms with Crippen molar-refractivity contribution in [1.29, 1.82) is 5.26 Å². The average molecular weight is 144 g/mol. The van der Waals surface area contributed by atoms with Gasteiger partial charge < -0.3 is 10.5 Å². The van der Waals surface area contributed by atoms with Crippen molar-refractivity contribution in [3.05, 3.63) is 0 Å². The smallest absolute Gasteiger partial charge is 0.255 e. The number of rotatable bonds is 1. The monoisotopic (exact) mass is 144 g/mol. The minimum Gasteiger partial charge on any atom is -0.450 e. The highest BCUT2D eigenvalue weighted by Crippen LogP contribution is 2.05. The van der Waals surface area contributed by atoms with Crippen molar-refractivity contribution in [2.24, 2.45) is 5.73 Å². The topological polar surface area (TPSA) is 59.0 Å². The summed E-state index contributed by atoms with van der Waals surface area (Å²) in [7, 11) is 0. The molecule has 4 heteroatoms. The first kappa shape index (κ1) is 8.18. The van der Waals surface area contributed by atoms with E-state index in [0.29, 0.717) is 0 Å². The normalized spacial score (nSPS) is 9.89. The number of nitriles is 1. The summed E-state index contributed by atoms with van der Waals surface area (Å²) in [5, 5.41) is 8.26. The van der Waals surface area contributed by atoms with Crippen LogP contribution in [0, 0.1) is 11.3 Å². The third kappa shape index (κ3) is 3.74. The SMILES string of the molecule is CC(C)(C#N)OC(N)=S. The molecular formula is C5H8N2OS. The minimum absolute atomic E-state index is 0.0958. The van der Waals surface area contributed by atoms with E-state index in [0.717, 1.165) is 0 Å². The Hall–Kier alpha value is -0.820. The van der Waals surface area contributed by atoms with Crippen LogP contribution < -0.4 is 5.73 Å². The van der Waals surface area contributed by atoms with E-state index < -0.39 is 5.60 Å². The lowest BCUT2D eigenvalue weighted by Gasteiger charge is -2.15. The van der Waals surface area contributed by atoms with E-state index in [2.05, 4.69) is 12.2 Å². The molecule has 0 heterocycles. The lowest BCUT2D eigenvalue weighted by atomic mass is 10.2. The van der Waals surface area contributed by atoms with Gasteiger partial charge in [0.1, 0.15) is 6.07 Å². The quantitative estimate of drug-likeness (QED) is 0.546. The van der Waals surface area contributed by atoms with Crippen LogP contribution in [-0.4, -0.2) is 10.8 Å². The second-order valence-electron chi connectivity index (χ2n) is 2.04. The molecule has 0 rings (SSSR count). The Labute approximate surface area is 59.4 Å². The molecule has 0 unspecified atom stereocenters. The second kappa shape index (κ2) is 2.65. The fourth-order valence-electron chi connectivity index (χ4n) is 0.274. The Balaban J connectivity index is 3.91. The number of thiocarbonyl (C=S) groups is 1. The predicted octanol–water partition coefficient (Wildman–Crippen LogP) is 0.549. The fraction of sp³-hybridized carbons (Fsp3) is 0.600. The van der Waals surface area contributed by atoms with Gasteiger partial charge in [-0.3, -0.25) is 0 Å². The van der Waals surface area contributed by atoms with Gasteiger partial charge >= 0.3 is 0 Å². The standard InChI is InChI=1S/C5H8N2OS/c1-5(2,3-6)8-4(7)9/h1-2H3,(H2,7,9). The molecule has 0 aliphatic rings. The molecule has 50 valence electrons. The zero-order chi connectivity index (χ0) is 7.49. The van der Waals surface area contributed by atoms with Crippen LogP contribution in [0.3, 0.4) is 0 Å². The number of hydrogen-bond donors (Lipinski definition) is 1. The first-order valence-electron chi connectivity index (χ1n) is 2.37. The molecular weight excluding hydrogens is 136 g/mol. The summed E-state index contributed by atoms with van der Waals surface area (Å²) < 4.78 is 4.73. The molecule has 0 aromatic heterocycles. The van der Waals surface area contributed by atoms with E-state index in [1.807, 2.05) is 6.07 Å². The van der Waals surface area contributed by atoms with Gasteiger partial charge in [0.15, 0.2) is 5.60 Å². The van der Waals surface area contributed by atoms with Crippen LogP contribution >= 0.6 is 12.2 Å². The van der Waals surface area contributed by atoms with E-state index >= 15 is 0 Å². The molecule has 0 aliphatic carbocycles. The van der Waals surface area contributed by atoms with Crippen LogP contribution in [0.15, 0.2) is 0 Å². The fourth-order valence-corrected chi connectivity index (χ4v) is 0.483. The van der Waals surface area contributed by atoms with Gasteiger partial charge in [-0.1, -0.05) is 0 Å².